The number of unbranched alkanes of at least 4 members (excludes halogenated alkanes) is 6. The number of carboxylic acids is 2. The van der Waals surface area contributed by atoms with Gasteiger partial charge in [0.15, 0.2) is 0 Å². The molecule has 8 heteroatoms. The van der Waals surface area contributed by atoms with Crippen LogP contribution in [-0.4, -0.2) is 65.5 Å². The summed E-state index contributed by atoms with van der Waals surface area (Å²) < 4.78 is 18.0. The Labute approximate surface area is 238 Å². The van der Waals surface area contributed by atoms with Crippen LogP contribution >= 0.6 is 0 Å². The molecule has 0 saturated heterocycles. The van der Waals surface area contributed by atoms with E-state index in [1.54, 1.807) is 0 Å². The van der Waals surface area contributed by atoms with Gasteiger partial charge in [-0.2, -0.15) is 0 Å². The smallest absolute Gasteiger partial charge is 0.0643 e. The van der Waals surface area contributed by atoms with Gasteiger partial charge in [-0.1, -0.05) is 0 Å². The van der Waals surface area contributed by atoms with Gasteiger partial charge in [-0.15, -0.1) is 0 Å². The summed E-state index contributed by atoms with van der Waals surface area (Å²) in [5, 5.41) is 18.8. The van der Waals surface area contributed by atoms with Gasteiger partial charge in [0.1, 0.15) is 0 Å². The quantitative estimate of drug-likeness (QED) is 0.0792. The number of rotatable bonds is 22. The van der Waals surface area contributed by atoms with Crippen molar-refractivity contribution < 1.29 is 26.0 Å². The van der Waals surface area contributed by atoms with Crippen LogP contribution in [-0.2, 0) is 15.7 Å². The zero-order valence-electron chi connectivity index (χ0n) is 24.3. The zero-order valence-corrected chi connectivity index (χ0v) is 30.0. The fraction of sp³-hybridized carbons (Fsp3) is 0.857. The number of hydrogen-bond donors (Lipinski definition) is 0. The van der Waals surface area contributed by atoms with Gasteiger partial charge < -0.3 is 19.8 Å². The van der Waals surface area contributed by atoms with E-state index < -0.39 is 52.3 Å². The van der Waals surface area contributed by atoms with Crippen LogP contribution in [0.1, 0.15) is 119 Å². The molecule has 0 saturated carbocycles. The second-order valence-corrected chi connectivity index (χ2v) is 22.4. The maximum Gasteiger partial charge on any atom is 0.0643 e. The average molecular weight is 726 g/mol. The molecule has 0 N–H and O–H groups in total. The van der Waals surface area contributed by atoms with Crippen LogP contribution in [0.25, 0.3) is 0 Å². The van der Waals surface area contributed by atoms with Gasteiger partial charge in [0.2, 0.25) is 0 Å². The van der Waals surface area contributed by atoms with Crippen molar-refractivity contribution in [3.8, 4) is 0 Å². The molecule has 0 atom stereocenters. The summed E-state index contributed by atoms with van der Waals surface area (Å²) in [5.41, 5.74) is 0. The molecule has 0 aromatic rings. The summed E-state index contributed by atoms with van der Waals surface area (Å²) in [6.07, 6.45) is 16.8. The van der Waals surface area contributed by atoms with Crippen molar-refractivity contribution in [2.75, 3.05) is 13.2 Å². The molecule has 212 valence electrons. The summed E-state index contributed by atoms with van der Waals surface area (Å²) >= 11 is -2.72. The Morgan fingerprint density at radius 2 is 0.778 bits per heavy atom. The van der Waals surface area contributed by atoms with E-state index in [-0.39, 0.29) is 0 Å². The Morgan fingerprint density at radius 3 is 0.972 bits per heavy atom. The monoisotopic (exact) mass is 728 g/mol. The van der Waals surface area contributed by atoms with Crippen LogP contribution in [0.5, 0.6) is 0 Å². The minimum atomic E-state index is -1.55. The van der Waals surface area contributed by atoms with Crippen LogP contribution in [0.15, 0.2) is 12.2 Å². The van der Waals surface area contributed by atoms with E-state index in [4.69, 9.17) is 6.15 Å². The minimum absolute atomic E-state index is 0.384. The fourth-order valence-corrected chi connectivity index (χ4v) is 17.0. The van der Waals surface area contributed by atoms with Crippen molar-refractivity contribution in [1.29, 1.82) is 0 Å². The maximum atomic E-state index is 9.41. The van der Waals surface area contributed by atoms with Crippen molar-refractivity contribution in [3.05, 3.63) is 12.2 Å². The Morgan fingerprint density at radius 1 is 0.528 bits per heavy atom. The van der Waals surface area contributed by atoms with E-state index in [1.807, 2.05) is 0 Å². The van der Waals surface area contributed by atoms with Crippen molar-refractivity contribution in [2.24, 2.45) is 0 Å². The van der Waals surface area contributed by atoms with Crippen molar-refractivity contribution in [2.45, 2.75) is 136 Å². The van der Waals surface area contributed by atoms with Gasteiger partial charge in [-0.05, 0) is 12.2 Å². The van der Waals surface area contributed by atoms with Crippen LogP contribution in [0, 0.1) is 0 Å². The topological polar surface area (TPSA) is 98.7 Å². The van der Waals surface area contributed by atoms with Crippen LogP contribution in [0.2, 0.25) is 17.7 Å². The Hall–Kier alpha value is 0.197. The van der Waals surface area contributed by atoms with E-state index in [1.165, 1.54) is 94.8 Å². The molecule has 0 heterocycles. The van der Waals surface area contributed by atoms with Crippen molar-refractivity contribution in [1.82, 2.24) is 0 Å². The SMILES string of the molecule is CCCC[O][Sn+]([CH2]CCC)[CH2]CCC.CCCC[O][Sn+]([CH2]CCC)[CH2]CCC.O=C([O-])/C=C\C(=O)[O-]. The first kappa shape index (κ1) is 40.7. The summed E-state index contributed by atoms with van der Waals surface area (Å²) in [5.74, 6) is -3.09. The third-order valence-electron chi connectivity index (χ3n) is 5.20. The molecule has 0 bridgehead atoms. The molecule has 6 nitrogen and oxygen atoms in total. The molecule has 0 spiro atoms. The first-order chi connectivity index (χ1) is 17.3. The Bertz CT molecular complexity index is 431. The van der Waals surface area contributed by atoms with Gasteiger partial charge >= 0.3 is 196 Å². The number of carbonyl (C=O) groups is 2. The van der Waals surface area contributed by atoms with Crippen molar-refractivity contribution >= 4 is 52.3 Å². The largest absolute Gasteiger partial charge is 0.545 e. The first-order valence-electron chi connectivity index (χ1n) is 14.4. The number of hydrogen-bond acceptors (Lipinski definition) is 6. The molecule has 0 rings (SSSR count). The number of aliphatic carboxylic acids is 2. The summed E-state index contributed by atoms with van der Waals surface area (Å²) in [6.45, 7) is 15.7. The van der Waals surface area contributed by atoms with Crippen LogP contribution in [0.3, 0.4) is 0 Å². The Balaban J connectivity index is -0.000000472. The minimum Gasteiger partial charge on any atom is -0.545 e. The van der Waals surface area contributed by atoms with E-state index in [0.29, 0.717) is 12.2 Å². The van der Waals surface area contributed by atoms with Gasteiger partial charge in [0.05, 0.1) is 11.9 Å². The molecule has 0 aromatic carbocycles. The zero-order chi connectivity index (χ0) is 27.9. The standard InChI is InChI=1S/C4H4O4.2C4H9O.4C4H9.2Sn/c5-3(6)1-2-4(7)8;2*1-2-3-4-5;4*1-3-4-2;;/h1-2H,(H,5,6)(H,7,8);2*2-4H2,1H3;4*1,3-4H2,2H3;;/q;2*-1;;;;;2*+2/p-2/b2-1-;;;;;;;;. The molecule has 0 aromatic heterocycles. The van der Waals surface area contributed by atoms with E-state index in [2.05, 4.69) is 41.5 Å². The van der Waals surface area contributed by atoms with E-state index in [0.717, 1.165) is 13.2 Å². The third-order valence-corrected chi connectivity index (χ3v) is 19.1. The second-order valence-electron chi connectivity index (χ2n) is 8.87. The van der Waals surface area contributed by atoms with Gasteiger partial charge in [0, 0.05) is 0 Å². The summed E-state index contributed by atoms with van der Waals surface area (Å²) in [4.78, 5) is 18.8. The molecule has 36 heavy (non-hydrogen) atoms. The van der Waals surface area contributed by atoms with Crippen molar-refractivity contribution in [3.63, 3.8) is 0 Å². The second kappa shape index (κ2) is 35.2. The molecule has 0 fully saturated rings. The molecule has 0 aliphatic heterocycles. The number of carbonyl (C=O) groups excluding carboxylic acids is 2. The fourth-order valence-electron chi connectivity index (χ4n) is 2.89. The van der Waals surface area contributed by atoms with E-state index >= 15 is 0 Å². The van der Waals surface area contributed by atoms with E-state index in [9.17, 15) is 19.8 Å². The first-order valence-corrected chi connectivity index (χ1v) is 24.8. The average Bonchev–Trinajstić information content (AvgIpc) is 2.86. The molecule has 0 amide bonds. The third kappa shape index (κ3) is 38.7. The summed E-state index contributed by atoms with van der Waals surface area (Å²) in [6, 6.07) is 0. The molecule has 0 aliphatic rings. The predicted octanol–water partition coefficient (Wildman–Crippen LogP) is 5.83. The molecule has 0 aliphatic carbocycles. The normalized spacial score (nSPS) is 10.3. The van der Waals surface area contributed by atoms with Gasteiger partial charge in [-0.3, -0.25) is 0 Å². The molecule has 0 radical (unpaired) electrons. The molecular weight excluding hydrogens is 670 g/mol. The van der Waals surface area contributed by atoms with Gasteiger partial charge in [-0.25, -0.2) is 0 Å². The molecular formula is C28H56O6Sn2. The maximum absolute atomic E-state index is 9.41. The van der Waals surface area contributed by atoms with Crippen LogP contribution < -0.4 is 10.2 Å². The predicted molar refractivity (Wildman–Crippen MR) is 151 cm³/mol. The Kier molecular flexibility index (Phi) is 39.8. The molecule has 0 unspecified atom stereocenters. The summed E-state index contributed by atoms with van der Waals surface area (Å²) in [7, 11) is 0. The number of carboxylic acid groups (broad SMARTS) is 2. The van der Waals surface area contributed by atoms with Crippen LogP contribution in [0.4, 0.5) is 0 Å². The van der Waals surface area contributed by atoms with Gasteiger partial charge in [0.25, 0.3) is 0 Å².